The number of furan rings is 1. The SMILES string of the molecule is O=C(NN=Cc1ccc(-c2ccc(Cl)cc2[N+](=O)[O-])o1)c1cccnc1Cl. The van der Waals surface area contributed by atoms with E-state index >= 15 is 0 Å². The molecule has 2 aromatic heterocycles. The predicted octanol–water partition coefficient (Wildman–Crippen LogP) is 4.32. The third kappa shape index (κ3) is 4.30. The van der Waals surface area contributed by atoms with Crippen LogP contribution < -0.4 is 5.43 Å². The highest BCUT2D eigenvalue weighted by molar-refractivity contribution is 6.32. The van der Waals surface area contributed by atoms with Crippen LogP contribution in [0.2, 0.25) is 10.2 Å². The average molecular weight is 405 g/mol. The number of amides is 1. The lowest BCUT2D eigenvalue weighted by Crippen LogP contribution is -2.18. The maximum atomic E-state index is 12.0. The van der Waals surface area contributed by atoms with Crippen molar-refractivity contribution >= 4 is 41.0 Å². The highest BCUT2D eigenvalue weighted by atomic mass is 35.5. The van der Waals surface area contributed by atoms with E-state index in [2.05, 4.69) is 15.5 Å². The number of nitrogens with zero attached hydrogens (tertiary/aromatic N) is 3. The van der Waals surface area contributed by atoms with Crippen molar-refractivity contribution in [3.8, 4) is 11.3 Å². The quantitative estimate of drug-likeness (QED) is 0.294. The van der Waals surface area contributed by atoms with E-state index in [4.69, 9.17) is 27.6 Å². The van der Waals surface area contributed by atoms with Gasteiger partial charge in [-0.25, -0.2) is 10.4 Å². The molecule has 1 amide bonds. The number of nitro groups is 1. The Bertz CT molecular complexity index is 1050. The standard InChI is InChI=1S/C17H10Cl2N4O4/c18-10-3-5-12(14(8-10)23(25)26)15-6-4-11(27-15)9-21-22-17(24)13-2-1-7-20-16(13)19/h1-9H,(H,22,24). The number of carbonyl (C=O) groups is 1. The van der Waals surface area contributed by atoms with Crippen LogP contribution in [0.3, 0.4) is 0 Å². The molecule has 27 heavy (non-hydrogen) atoms. The fourth-order valence-corrected chi connectivity index (χ4v) is 2.57. The lowest BCUT2D eigenvalue weighted by molar-refractivity contribution is -0.384. The first-order chi connectivity index (χ1) is 13.0. The Morgan fingerprint density at radius 1 is 1.26 bits per heavy atom. The molecule has 0 bridgehead atoms. The van der Waals surface area contributed by atoms with Gasteiger partial charge in [-0.05, 0) is 36.4 Å². The molecular formula is C17H10Cl2N4O4. The number of rotatable bonds is 5. The molecule has 0 atom stereocenters. The molecule has 1 N–H and O–H groups in total. The van der Waals surface area contributed by atoms with Crippen molar-refractivity contribution in [2.45, 2.75) is 0 Å². The van der Waals surface area contributed by atoms with Crippen molar-refractivity contribution in [3.63, 3.8) is 0 Å². The van der Waals surface area contributed by atoms with Crippen LogP contribution in [0.1, 0.15) is 16.1 Å². The first kappa shape index (κ1) is 18.6. The molecule has 3 aromatic rings. The van der Waals surface area contributed by atoms with E-state index in [0.717, 1.165) is 0 Å². The topological polar surface area (TPSA) is 111 Å². The highest BCUT2D eigenvalue weighted by Crippen LogP contribution is 2.33. The molecule has 136 valence electrons. The number of benzene rings is 1. The summed E-state index contributed by atoms with van der Waals surface area (Å²) in [6, 6.07) is 10.4. The Balaban J connectivity index is 1.75. The zero-order valence-corrected chi connectivity index (χ0v) is 14.9. The number of halogens is 2. The molecule has 0 aliphatic rings. The second-order valence-corrected chi connectivity index (χ2v) is 5.96. The monoisotopic (exact) mass is 404 g/mol. The second-order valence-electron chi connectivity index (χ2n) is 5.16. The summed E-state index contributed by atoms with van der Waals surface area (Å²) in [5.41, 5.74) is 2.56. The third-order valence-corrected chi connectivity index (χ3v) is 3.95. The third-order valence-electron chi connectivity index (χ3n) is 3.41. The summed E-state index contributed by atoms with van der Waals surface area (Å²) in [5, 5.41) is 15.3. The van der Waals surface area contributed by atoms with Gasteiger partial charge in [-0.3, -0.25) is 14.9 Å². The number of hydrazone groups is 1. The highest BCUT2D eigenvalue weighted by Gasteiger charge is 2.18. The van der Waals surface area contributed by atoms with Gasteiger partial charge in [-0.1, -0.05) is 23.2 Å². The van der Waals surface area contributed by atoms with Crippen molar-refractivity contribution in [3.05, 3.63) is 80.3 Å². The van der Waals surface area contributed by atoms with Gasteiger partial charge in [0.25, 0.3) is 11.6 Å². The number of hydrogen-bond acceptors (Lipinski definition) is 6. The first-order valence-corrected chi connectivity index (χ1v) is 8.19. The molecule has 0 radical (unpaired) electrons. The summed E-state index contributed by atoms with van der Waals surface area (Å²) >= 11 is 11.6. The van der Waals surface area contributed by atoms with Crippen molar-refractivity contribution in [2.24, 2.45) is 5.10 Å². The summed E-state index contributed by atoms with van der Waals surface area (Å²) < 4.78 is 5.53. The van der Waals surface area contributed by atoms with E-state index in [1.807, 2.05) is 0 Å². The number of hydrogen-bond donors (Lipinski definition) is 1. The molecule has 0 unspecified atom stereocenters. The molecule has 1 aromatic carbocycles. The second kappa shape index (κ2) is 7.98. The van der Waals surface area contributed by atoms with Crippen LogP contribution in [0.5, 0.6) is 0 Å². The van der Waals surface area contributed by atoms with Crippen molar-refractivity contribution in [1.82, 2.24) is 10.4 Å². The molecule has 3 rings (SSSR count). The molecular weight excluding hydrogens is 395 g/mol. The molecule has 10 heteroatoms. The molecule has 0 saturated heterocycles. The minimum absolute atomic E-state index is 0.0560. The summed E-state index contributed by atoms with van der Waals surface area (Å²) in [6.45, 7) is 0. The average Bonchev–Trinajstić information content (AvgIpc) is 3.10. The minimum Gasteiger partial charge on any atom is -0.455 e. The summed E-state index contributed by atoms with van der Waals surface area (Å²) in [7, 11) is 0. The Morgan fingerprint density at radius 3 is 2.81 bits per heavy atom. The molecule has 0 spiro atoms. The molecule has 0 fully saturated rings. The Morgan fingerprint density at radius 2 is 2.07 bits per heavy atom. The summed E-state index contributed by atoms with van der Waals surface area (Å²) in [6.07, 6.45) is 2.72. The molecule has 8 nitrogen and oxygen atoms in total. The summed E-state index contributed by atoms with van der Waals surface area (Å²) in [5.74, 6) is 0.0118. The van der Waals surface area contributed by atoms with E-state index in [1.54, 1.807) is 18.2 Å². The zero-order chi connectivity index (χ0) is 19.4. The van der Waals surface area contributed by atoms with Crippen LogP contribution in [0.4, 0.5) is 5.69 Å². The van der Waals surface area contributed by atoms with Crippen molar-refractivity contribution in [1.29, 1.82) is 0 Å². The lowest BCUT2D eigenvalue weighted by Gasteiger charge is -2.01. The van der Waals surface area contributed by atoms with Gasteiger partial charge in [-0.2, -0.15) is 5.10 Å². The van der Waals surface area contributed by atoms with Crippen LogP contribution >= 0.6 is 23.2 Å². The van der Waals surface area contributed by atoms with Crippen LogP contribution in [0.25, 0.3) is 11.3 Å². The van der Waals surface area contributed by atoms with Gasteiger partial charge < -0.3 is 4.42 Å². The Hall–Kier alpha value is -3.23. The normalized spacial score (nSPS) is 10.9. The van der Waals surface area contributed by atoms with Crippen molar-refractivity contribution < 1.29 is 14.1 Å². The predicted molar refractivity (Wildman–Crippen MR) is 100 cm³/mol. The van der Waals surface area contributed by atoms with Crippen molar-refractivity contribution in [2.75, 3.05) is 0 Å². The van der Waals surface area contributed by atoms with Gasteiger partial charge >= 0.3 is 0 Å². The zero-order valence-electron chi connectivity index (χ0n) is 13.4. The fraction of sp³-hybridized carbons (Fsp3) is 0. The maximum absolute atomic E-state index is 12.0. The fourth-order valence-electron chi connectivity index (χ4n) is 2.20. The van der Waals surface area contributed by atoms with E-state index in [-0.39, 0.29) is 38.5 Å². The maximum Gasteiger partial charge on any atom is 0.281 e. The van der Waals surface area contributed by atoms with E-state index in [0.29, 0.717) is 0 Å². The van der Waals surface area contributed by atoms with E-state index in [9.17, 15) is 14.9 Å². The largest absolute Gasteiger partial charge is 0.455 e. The Kier molecular flexibility index (Phi) is 5.49. The van der Waals surface area contributed by atoms with Gasteiger partial charge in [-0.15, -0.1) is 0 Å². The van der Waals surface area contributed by atoms with Gasteiger partial charge in [0.05, 0.1) is 22.3 Å². The van der Waals surface area contributed by atoms with Gasteiger partial charge in [0.15, 0.2) is 0 Å². The van der Waals surface area contributed by atoms with Crippen LogP contribution in [-0.4, -0.2) is 22.0 Å². The van der Waals surface area contributed by atoms with E-state index in [1.165, 1.54) is 36.7 Å². The van der Waals surface area contributed by atoms with Crippen LogP contribution in [0.15, 0.2) is 58.2 Å². The summed E-state index contributed by atoms with van der Waals surface area (Å²) in [4.78, 5) is 26.4. The molecule has 2 heterocycles. The number of pyridine rings is 1. The number of aromatic nitrogens is 1. The van der Waals surface area contributed by atoms with Crippen LogP contribution in [0, 0.1) is 10.1 Å². The molecule has 0 saturated carbocycles. The number of nitrogens with one attached hydrogen (secondary N) is 1. The first-order valence-electron chi connectivity index (χ1n) is 7.44. The van der Waals surface area contributed by atoms with E-state index < -0.39 is 10.8 Å². The van der Waals surface area contributed by atoms with Crippen LogP contribution in [-0.2, 0) is 0 Å². The minimum atomic E-state index is -0.546. The number of nitro benzene ring substituents is 1. The van der Waals surface area contributed by atoms with Gasteiger partial charge in [0.1, 0.15) is 16.7 Å². The smallest absolute Gasteiger partial charge is 0.281 e. The Labute approximate surface area is 162 Å². The van der Waals surface area contributed by atoms with Gasteiger partial charge in [0, 0.05) is 17.3 Å². The number of carbonyl (C=O) groups excluding carboxylic acids is 1. The lowest BCUT2D eigenvalue weighted by atomic mass is 10.1. The van der Waals surface area contributed by atoms with Gasteiger partial charge in [0.2, 0.25) is 0 Å². The molecule has 0 aliphatic carbocycles. The molecule has 0 aliphatic heterocycles.